The molecule has 0 bridgehead atoms. The fraction of sp³-hybridized carbons (Fsp3) is 0.150. The number of hydrogen-bond donors (Lipinski definition) is 2. The fourth-order valence-electron chi connectivity index (χ4n) is 2.55. The lowest BCUT2D eigenvalue weighted by Gasteiger charge is -2.07. The number of hydrogen-bond acceptors (Lipinski definition) is 1. The van der Waals surface area contributed by atoms with E-state index in [0.29, 0.717) is 13.0 Å². The summed E-state index contributed by atoms with van der Waals surface area (Å²) in [5.74, 6) is 0.0233. The van der Waals surface area contributed by atoms with Crippen molar-refractivity contribution in [1.29, 1.82) is 0 Å². The van der Waals surface area contributed by atoms with E-state index in [1.807, 2.05) is 18.3 Å². The molecule has 0 aliphatic heterocycles. The van der Waals surface area contributed by atoms with Gasteiger partial charge in [0.15, 0.2) is 0 Å². The van der Waals surface area contributed by atoms with Crippen molar-refractivity contribution in [3.8, 4) is 11.1 Å². The largest absolute Gasteiger partial charge is 0.365 e. The Morgan fingerprint density at radius 2 is 1.83 bits per heavy atom. The minimum Gasteiger partial charge on any atom is -0.365 e. The van der Waals surface area contributed by atoms with Gasteiger partial charge in [-0.1, -0.05) is 54.1 Å². The van der Waals surface area contributed by atoms with E-state index in [4.69, 9.17) is 0 Å². The Balaban J connectivity index is 1.58. The van der Waals surface area contributed by atoms with Crippen LogP contribution in [0.4, 0.5) is 0 Å². The minimum atomic E-state index is 0.0233. The summed E-state index contributed by atoms with van der Waals surface area (Å²) < 4.78 is 0. The molecule has 3 rings (SSSR count). The van der Waals surface area contributed by atoms with Crippen molar-refractivity contribution >= 4 is 5.91 Å². The maximum Gasteiger partial charge on any atom is 0.226 e. The zero-order valence-electron chi connectivity index (χ0n) is 13.2. The molecular formula is C20H20N2O. The summed E-state index contributed by atoms with van der Waals surface area (Å²) in [6.45, 7) is 2.64. The molecule has 0 atom stereocenters. The number of carbonyl (C=O) groups is 1. The number of carbonyl (C=O) groups excluding carboxylic acids is 1. The van der Waals surface area contributed by atoms with E-state index in [0.717, 1.165) is 11.3 Å². The Morgan fingerprint density at radius 3 is 2.52 bits per heavy atom. The number of rotatable bonds is 5. The summed E-state index contributed by atoms with van der Waals surface area (Å²) in [5.41, 5.74) is 5.68. The van der Waals surface area contributed by atoms with Crippen LogP contribution in [0.1, 0.15) is 16.8 Å². The SMILES string of the molecule is Cc1cccc(-c2ccc(CNC(=O)Cc3ccc[nH]3)cc2)c1. The predicted octanol–water partition coefficient (Wildman–Crippen LogP) is 3.85. The van der Waals surface area contributed by atoms with Gasteiger partial charge < -0.3 is 10.3 Å². The summed E-state index contributed by atoms with van der Waals surface area (Å²) in [6, 6.07) is 20.6. The highest BCUT2D eigenvalue weighted by molar-refractivity contribution is 5.78. The first kappa shape index (κ1) is 15.1. The van der Waals surface area contributed by atoms with Crippen LogP contribution in [0.25, 0.3) is 11.1 Å². The number of aryl methyl sites for hydroxylation is 1. The van der Waals surface area contributed by atoms with Crippen LogP contribution in [0.3, 0.4) is 0 Å². The van der Waals surface area contributed by atoms with Crippen LogP contribution in [-0.4, -0.2) is 10.9 Å². The molecule has 0 unspecified atom stereocenters. The quantitative estimate of drug-likeness (QED) is 0.739. The first-order chi connectivity index (χ1) is 11.2. The first-order valence-electron chi connectivity index (χ1n) is 7.76. The number of benzene rings is 2. The summed E-state index contributed by atoms with van der Waals surface area (Å²) in [6.07, 6.45) is 2.21. The van der Waals surface area contributed by atoms with E-state index in [1.54, 1.807) is 0 Å². The molecule has 0 fully saturated rings. The number of aromatic amines is 1. The minimum absolute atomic E-state index is 0.0233. The second-order valence-electron chi connectivity index (χ2n) is 5.72. The molecule has 0 aliphatic rings. The van der Waals surface area contributed by atoms with Crippen LogP contribution in [0, 0.1) is 6.92 Å². The van der Waals surface area contributed by atoms with Crippen LogP contribution >= 0.6 is 0 Å². The Morgan fingerprint density at radius 1 is 1.00 bits per heavy atom. The van der Waals surface area contributed by atoms with Crippen molar-refractivity contribution in [1.82, 2.24) is 10.3 Å². The lowest BCUT2D eigenvalue weighted by molar-refractivity contribution is -0.120. The molecule has 1 heterocycles. The van der Waals surface area contributed by atoms with Gasteiger partial charge in [-0.25, -0.2) is 0 Å². The number of H-pyrrole nitrogens is 1. The third-order valence-corrected chi connectivity index (χ3v) is 3.81. The maximum atomic E-state index is 11.9. The number of aromatic nitrogens is 1. The second-order valence-corrected chi connectivity index (χ2v) is 5.72. The predicted molar refractivity (Wildman–Crippen MR) is 93.0 cm³/mol. The Labute approximate surface area is 136 Å². The summed E-state index contributed by atoms with van der Waals surface area (Å²) in [5, 5.41) is 2.95. The highest BCUT2D eigenvalue weighted by Gasteiger charge is 2.04. The van der Waals surface area contributed by atoms with Crippen molar-refractivity contribution in [2.45, 2.75) is 19.9 Å². The molecule has 0 radical (unpaired) electrons. The van der Waals surface area contributed by atoms with Crippen molar-refractivity contribution in [2.75, 3.05) is 0 Å². The van der Waals surface area contributed by atoms with Gasteiger partial charge >= 0.3 is 0 Å². The maximum absolute atomic E-state index is 11.9. The molecule has 0 saturated heterocycles. The lowest BCUT2D eigenvalue weighted by Crippen LogP contribution is -2.24. The number of nitrogens with one attached hydrogen (secondary N) is 2. The molecule has 0 saturated carbocycles. The van der Waals surface area contributed by atoms with Gasteiger partial charge in [-0.05, 0) is 35.7 Å². The Bertz CT molecular complexity index is 774. The molecule has 116 valence electrons. The molecule has 3 nitrogen and oxygen atoms in total. The third kappa shape index (κ3) is 4.10. The van der Waals surface area contributed by atoms with E-state index in [-0.39, 0.29) is 5.91 Å². The first-order valence-corrected chi connectivity index (χ1v) is 7.76. The molecule has 23 heavy (non-hydrogen) atoms. The van der Waals surface area contributed by atoms with Gasteiger partial charge in [0.1, 0.15) is 0 Å². The highest BCUT2D eigenvalue weighted by atomic mass is 16.1. The van der Waals surface area contributed by atoms with Crippen molar-refractivity contribution in [3.05, 3.63) is 83.7 Å². The van der Waals surface area contributed by atoms with Crippen molar-refractivity contribution < 1.29 is 4.79 Å². The zero-order valence-corrected chi connectivity index (χ0v) is 13.2. The van der Waals surface area contributed by atoms with E-state index in [1.165, 1.54) is 16.7 Å². The van der Waals surface area contributed by atoms with Crippen LogP contribution in [-0.2, 0) is 17.8 Å². The van der Waals surface area contributed by atoms with E-state index in [9.17, 15) is 4.79 Å². The molecule has 3 aromatic rings. The van der Waals surface area contributed by atoms with Gasteiger partial charge in [0.05, 0.1) is 6.42 Å². The molecule has 1 amide bonds. The average Bonchev–Trinajstić information content (AvgIpc) is 3.06. The van der Waals surface area contributed by atoms with Crippen molar-refractivity contribution in [3.63, 3.8) is 0 Å². The van der Waals surface area contributed by atoms with Crippen LogP contribution in [0.15, 0.2) is 66.9 Å². The second kappa shape index (κ2) is 6.97. The van der Waals surface area contributed by atoms with E-state index in [2.05, 4.69) is 65.8 Å². The van der Waals surface area contributed by atoms with E-state index >= 15 is 0 Å². The van der Waals surface area contributed by atoms with Gasteiger partial charge in [-0.2, -0.15) is 0 Å². The van der Waals surface area contributed by atoms with Crippen LogP contribution in [0.5, 0.6) is 0 Å². The van der Waals surface area contributed by atoms with Gasteiger partial charge in [0.2, 0.25) is 5.91 Å². The average molecular weight is 304 g/mol. The summed E-state index contributed by atoms with van der Waals surface area (Å²) in [4.78, 5) is 14.9. The molecule has 2 N–H and O–H groups in total. The molecule has 0 spiro atoms. The Kier molecular flexibility index (Phi) is 4.57. The molecule has 0 aliphatic carbocycles. The molecular weight excluding hydrogens is 284 g/mol. The van der Waals surface area contributed by atoms with Gasteiger partial charge in [0, 0.05) is 18.4 Å². The molecule has 2 aromatic carbocycles. The third-order valence-electron chi connectivity index (χ3n) is 3.81. The zero-order chi connectivity index (χ0) is 16.1. The van der Waals surface area contributed by atoms with E-state index < -0.39 is 0 Å². The van der Waals surface area contributed by atoms with Gasteiger partial charge in [-0.15, -0.1) is 0 Å². The van der Waals surface area contributed by atoms with Crippen LogP contribution < -0.4 is 5.32 Å². The number of amides is 1. The standard InChI is InChI=1S/C20H20N2O/c1-15-4-2-5-18(12-15)17-9-7-16(8-10-17)14-22-20(23)13-19-6-3-11-21-19/h2-12,21H,13-14H2,1H3,(H,22,23). The van der Waals surface area contributed by atoms with Crippen LogP contribution in [0.2, 0.25) is 0 Å². The van der Waals surface area contributed by atoms with Crippen molar-refractivity contribution in [2.24, 2.45) is 0 Å². The van der Waals surface area contributed by atoms with Gasteiger partial charge in [0.25, 0.3) is 0 Å². The smallest absolute Gasteiger partial charge is 0.226 e. The monoisotopic (exact) mass is 304 g/mol. The van der Waals surface area contributed by atoms with Gasteiger partial charge in [-0.3, -0.25) is 4.79 Å². The summed E-state index contributed by atoms with van der Waals surface area (Å²) in [7, 11) is 0. The highest BCUT2D eigenvalue weighted by Crippen LogP contribution is 2.20. The molecule has 1 aromatic heterocycles. The summed E-state index contributed by atoms with van der Waals surface area (Å²) >= 11 is 0. The topological polar surface area (TPSA) is 44.9 Å². The molecule has 3 heteroatoms. The normalized spacial score (nSPS) is 10.5. The Hall–Kier alpha value is -2.81. The lowest BCUT2D eigenvalue weighted by atomic mass is 10.0. The fourth-order valence-corrected chi connectivity index (χ4v) is 2.55.